The highest BCUT2D eigenvalue weighted by Gasteiger charge is 2.29. The maximum absolute atomic E-state index is 13.8. The maximum atomic E-state index is 13.8. The molecule has 3 aromatic carbocycles. The summed E-state index contributed by atoms with van der Waals surface area (Å²) in [6, 6.07) is 23.8. The number of aryl methyl sites for hydroxylation is 2. The molecule has 0 saturated carbocycles. The fourth-order valence-corrected chi connectivity index (χ4v) is 5.13. The van der Waals surface area contributed by atoms with Crippen LogP contribution in [0.5, 0.6) is 0 Å². The molecule has 0 aliphatic carbocycles. The lowest BCUT2D eigenvalue weighted by Gasteiger charge is -2.30. The van der Waals surface area contributed by atoms with Crippen molar-refractivity contribution in [2.24, 2.45) is 0 Å². The Labute approximate surface area is 223 Å². The molecule has 1 unspecified atom stereocenters. The number of nitrogens with one attached hydrogen (secondary N) is 1. The first-order chi connectivity index (χ1) is 18.4. The molecule has 1 aromatic heterocycles. The summed E-state index contributed by atoms with van der Waals surface area (Å²) in [6.07, 6.45) is 0.209. The molecule has 1 aliphatic heterocycles. The average Bonchev–Trinajstić information content (AvgIpc) is 2.92. The SMILES string of the molecule is CCC(OC(=O)c1c2c(nc3ccccc13)CCN(Cc1ccccc1)C2)C(=O)Nc1ccc(C)cc1C. The number of carbonyl (C=O) groups excluding carboxylic acids is 2. The van der Waals surface area contributed by atoms with Crippen molar-refractivity contribution in [3.63, 3.8) is 0 Å². The standard InChI is InChI=1S/C32H33N3O3/c1-4-29(31(36)34-26-15-14-21(2)18-22(26)3)38-32(37)30-24-12-8-9-13-27(24)33-28-16-17-35(20-25(28)30)19-23-10-6-5-7-11-23/h5-15,18,29H,4,16-17,19-20H2,1-3H3,(H,34,36). The number of fused-ring (bicyclic) bond motifs is 2. The highest BCUT2D eigenvalue weighted by molar-refractivity contribution is 6.06. The van der Waals surface area contributed by atoms with Gasteiger partial charge in [-0.2, -0.15) is 0 Å². The molecule has 6 heteroatoms. The molecule has 5 rings (SSSR count). The van der Waals surface area contributed by atoms with Gasteiger partial charge in [0, 0.05) is 48.4 Å². The van der Waals surface area contributed by atoms with Gasteiger partial charge in [-0.3, -0.25) is 14.7 Å². The maximum Gasteiger partial charge on any atom is 0.340 e. The zero-order chi connectivity index (χ0) is 26.6. The number of amides is 1. The van der Waals surface area contributed by atoms with Gasteiger partial charge < -0.3 is 10.1 Å². The quantitative estimate of drug-likeness (QED) is 0.312. The van der Waals surface area contributed by atoms with Crippen molar-refractivity contribution in [3.8, 4) is 0 Å². The number of hydrogen-bond acceptors (Lipinski definition) is 5. The summed E-state index contributed by atoms with van der Waals surface area (Å²) in [4.78, 5) is 34.2. The second kappa shape index (κ2) is 11.2. The van der Waals surface area contributed by atoms with Gasteiger partial charge in [-0.25, -0.2) is 4.79 Å². The van der Waals surface area contributed by atoms with E-state index in [2.05, 4.69) is 22.3 Å². The van der Waals surface area contributed by atoms with Gasteiger partial charge in [0.2, 0.25) is 0 Å². The number of anilines is 1. The van der Waals surface area contributed by atoms with Crippen molar-refractivity contribution in [1.82, 2.24) is 9.88 Å². The molecule has 0 saturated heterocycles. The smallest absolute Gasteiger partial charge is 0.340 e. The molecule has 0 fully saturated rings. The minimum Gasteiger partial charge on any atom is -0.449 e. The molecule has 38 heavy (non-hydrogen) atoms. The number of nitrogens with zero attached hydrogens (tertiary/aromatic N) is 2. The summed E-state index contributed by atoms with van der Waals surface area (Å²) in [5.74, 6) is -0.810. The van der Waals surface area contributed by atoms with E-state index in [1.807, 2.05) is 81.4 Å². The Balaban J connectivity index is 1.43. The van der Waals surface area contributed by atoms with Crippen LogP contribution in [0.4, 0.5) is 5.69 Å². The lowest BCUT2D eigenvalue weighted by Crippen LogP contribution is -2.35. The molecule has 0 radical (unpaired) electrons. The largest absolute Gasteiger partial charge is 0.449 e. The predicted molar refractivity (Wildman–Crippen MR) is 150 cm³/mol. The van der Waals surface area contributed by atoms with E-state index in [0.717, 1.165) is 58.5 Å². The number of aromatic nitrogens is 1. The molecule has 2 heterocycles. The second-order valence-electron chi connectivity index (χ2n) is 9.99. The van der Waals surface area contributed by atoms with Crippen molar-refractivity contribution in [2.45, 2.75) is 52.8 Å². The minimum absolute atomic E-state index is 0.328. The molecular formula is C32H33N3O3. The van der Waals surface area contributed by atoms with E-state index in [0.29, 0.717) is 18.5 Å². The van der Waals surface area contributed by atoms with Crippen LogP contribution in [-0.2, 0) is 29.0 Å². The fourth-order valence-electron chi connectivity index (χ4n) is 5.13. The Bertz CT molecular complexity index is 1480. The van der Waals surface area contributed by atoms with Crippen molar-refractivity contribution < 1.29 is 14.3 Å². The van der Waals surface area contributed by atoms with Gasteiger partial charge in [0.1, 0.15) is 0 Å². The van der Waals surface area contributed by atoms with Crippen LogP contribution in [0.15, 0.2) is 72.8 Å². The van der Waals surface area contributed by atoms with E-state index >= 15 is 0 Å². The summed E-state index contributed by atoms with van der Waals surface area (Å²) in [5, 5.41) is 3.69. The van der Waals surface area contributed by atoms with E-state index in [9.17, 15) is 9.59 Å². The molecule has 0 spiro atoms. The van der Waals surface area contributed by atoms with Crippen molar-refractivity contribution in [1.29, 1.82) is 0 Å². The first-order valence-corrected chi connectivity index (χ1v) is 13.2. The van der Waals surface area contributed by atoms with E-state index in [-0.39, 0.29) is 5.91 Å². The van der Waals surface area contributed by atoms with Gasteiger partial charge in [0.15, 0.2) is 6.10 Å². The number of esters is 1. The summed E-state index contributed by atoms with van der Waals surface area (Å²) in [6.45, 7) is 8.05. The Morgan fingerprint density at radius 2 is 1.79 bits per heavy atom. The second-order valence-corrected chi connectivity index (χ2v) is 9.99. The number of ether oxygens (including phenoxy) is 1. The molecule has 1 atom stereocenters. The monoisotopic (exact) mass is 507 g/mol. The van der Waals surface area contributed by atoms with Crippen LogP contribution in [0.1, 0.15) is 51.7 Å². The average molecular weight is 508 g/mol. The molecule has 4 aromatic rings. The van der Waals surface area contributed by atoms with Crippen LogP contribution >= 0.6 is 0 Å². The lowest BCUT2D eigenvalue weighted by molar-refractivity contribution is -0.124. The number of benzene rings is 3. The molecule has 1 aliphatic rings. The first kappa shape index (κ1) is 25.6. The zero-order valence-electron chi connectivity index (χ0n) is 22.2. The van der Waals surface area contributed by atoms with E-state index in [1.165, 1.54) is 5.56 Å². The van der Waals surface area contributed by atoms with E-state index < -0.39 is 12.1 Å². The Morgan fingerprint density at radius 1 is 1.03 bits per heavy atom. The topological polar surface area (TPSA) is 71.5 Å². The van der Waals surface area contributed by atoms with Gasteiger partial charge in [0.25, 0.3) is 5.91 Å². The number of hydrogen-bond donors (Lipinski definition) is 1. The predicted octanol–water partition coefficient (Wildman–Crippen LogP) is 5.98. The summed E-state index contributed by atoms with van der Waals surface area (Å²) in [5.41, 5.74) is 7.13. The summed E-state index contributed by atoms with van der Waals surface area (Å²) in [7, 11) is 0. The molecule has 6 nitrogen and oxygen atoms in total. The fraction of sp³-hybridized carbons (Fsp3) is 0.281. The molecule has 0 bridgehead atoms. The normalized spacial score (nSPS) is 14.1. The molecule has 194 valence electrons. The first-order valence-electron chi connectivity index (χ1n) is 13.2. The third-order valence-electron chi connectivity index (χ3n) is 7.13. The van der Waals surface area contributed by atoms with Gasteiger partial charge in [0.05, 0.1) is 11.1 Å². The Kier molecular flexibility index (Phi) is 7.52. The van der Waals surface area contributed by atoms with Crippen LogP contribution in [0.25, 0.3) is 10.9 Å². The molecular weight excluding hydrogens is 474 g/mol. The summed E-state index contributed by atoms with van der Waals surface area (Å²) >= 11 is 0. The zero-order valence-corrected chi connectivity index (χ0v) is 22.2. The lowest BCUT2D eigenvalue weighted by atomic mass is 9.95. The molecule has 1 N–H and O–H groups in total. The van der Waals surface area contributed by atoms with E-state index in [1.54, 1.807) is 0 Å². The van der Waals surface area contributed by atoms with Gasteiger partial charge in [-0.05, 0) is 43.5 Å². The van der Waals surface area contributed by atoms with Gasteiger partial charge in [-0.15, -0.1) is 0 Å². The number of rotatable bonds is 7. The van der Waals surface area contributed by atoms with Crippen LogP contribution in [0.3, 0.4) is 0 Å². The summed E-state index contributed by atoms with van der Waals surface area (Å²) < 4.78 is 5.91. The third kappa shape index (κ3) is 5.46. The van der Waals surface area contributed by atoms with Gasteiger partial charge >= 0.3 is 5.97 Å². The van der Waals surface area contributed by atoms with Crippen molar-refractivity contribution >= 4 is 28.5 Å². The molecule has 1 amide bonds. The Hall–Kier alpha value is -4.03. The van der Waals surface area contributed by atoms with Gasteiger partial charge in [-0.1, -0.05) is 73.2 Å². The van der Waals surface area contributed by atoms with Crippen LogP contribution in [0, 0.1) is 13.8 Å². The Morgan fingerprint density at radius 3 is 2.55 bits per heavy atom. The van der Waals surface area contributed by atoms with Crippen molar-refractivity contribution in [2.75, 3.05) is 11.9 Å². The van der Waals surface area contributed by atoms with Crippen LogP contribution in [0.2, 0.25) is 0 Å². The minimum atomic E-state index is -0.908. The van der Waals surface area contributed by atoms with Crippen LogP contribution in [-0.4, -0.2) is 34.4 Å². The van der Waals surface area contributed by atoms with Crippen molar-refractivity contribution in [3.05, 3.63) is 106 Å². The number of para-hydroxylation sites is 1. The highest BCUT2D eigenvalue weighted by Crippen LogP contribution is 2.30. The number of carbonyl (C=O) groups is 2. The van der Waals surface area contributed by atoms with E-state index in [4.69, 9.17) is 9.72 Å². The third-order valence-corrected chi connectivity index (χ3v) is 7.13. The highest BCUT2D eigenvalue weighted by atomic mass is 16.5. The van der Waals surface area contributed by atoms with Crippen LogP contribution < -0.4 is 5.32 Å². The number of pyridine rings is 1.